The van der Waals surface area contributed by atoms with E-state index in [1.807, 2.05) is 74.5 Å². The molecule has 0 radical (unpaired) electrons. The van der Waals surface area contributed by atoms with Crippen LogP contribution in [0.5, 0.6) is 5.75 Å². The molecule has 2 aromatic carbocycles. The van der Waals surface area contributed by atoms with Crippen molar-refractivity contribution in [2.75, 3.05) is 13.2 Å². The van der Waals surface area contributed by atoms with Crippen molar-refractivity contribution >= 4 is 34.6 Å². The van der Waals surface area contributed by atoms with Gasteiger partial charge in [0, 0.05) is 6.54 Å². The molecule has 1 saturated heterocycles. The summed E-state index contributed by atoms with van der Waals surface area (Å²) < 4.78 is 5.53. The molecule has 4 nitrogen and oxygen atoms in total. The summed E-state index contributed by atoms with van der Waals surface area (Å²) >= 11 is 1.41. The standard InChI is InChI=1S/C20H20N2O2S/c1-3-22-19(23)18(14-15-9-8-12-17(13-15)24-4-2)25-20(22)21-16-10-6-5-7-11-16/h5-14H,3-4H2,1-2H3. The molecule has 0 atom stereocenters. The van der Waals surface area contributed by atoms with Gasteiger partial charge >= 0.3 is 0 Å². The number of carbonyl (C=O) groups is 1. The fourth-order valence-corrected chi connectivity index (χ4v) is 3.56. The summed E-state index contributed by atoms with van der Waals surface area (Å²) in [7, 11) is 0. The third-order valence-corrected chi connectivity index (χ3v) is 4.66. The van der Waals surface area contributed by atoms with Gasteiger partial charge in [-0.1, -0.05) is 30.3 Å². The highest BCUT2D eigenvalue weighted by molar-refractivity contribution is 8.18. The van der Waals surface area contributed by atoms with E-state index in [1.54, 1.807) is 4.90 Å². The molecule has 1 aliphatic heterocycles. The fraction of sp³-hybridized carbons (Fsp3) is 0.200. The second-order valence-corrected chi connectivity index (χ2v) is 6.40. The van der Waals surface area contributed by atoms with Gasteiger partial charge in [-0.2, -0.15) is 0 Å². The number of ether oxygens (including phenoxy) is 1. The highest BCUT2D eigenvalue weighted by Crippen LogP contribution is 2.34. The maximum absolute atomic E-state index is 12.7. The molecule has 0 spiro atoms. The Morgan fingerprint density at radius 3 is 2.64 bits per heavy atom. The molecule has 0 unspecified atom stereocenters. The molecular weight excluding hydrogens is 332 g/mol. The number of amides is 1. The number of carbonyl (C=O) groups excluding carboxylic acids is 1. The van der Waals surface area contributed by atoms with Crippen LogP contribution in [0.25, 0.3) is 6.08 Å². The lowest BCUT2D eigenvalue weighted by atomic mass is 10.2. The van der Waals surface area contributed by atoms with Gasteiger partial charge in [0.05, 0.1) is 17.2 Å². The summed E-state index contributed by atoms with van der Waals surface area (Å²) in [5.74, 6) is 0.793. The molecule has 1 fully saturated rings. The molecule has 1 amide bonds. The number of benzene rings is 2. The Morgan fingerprint density at radius 2 is 1.92 bits per heavy atom. The Hall–Kier alpha value is -2.53. The van der Waals surface area contributed by atoms with Gasteiger partial charge in [0.2, 0.25) is 0 Å². The van der Waals surface area contributed by atoms with Gasteiger partial charge in [-0.05, 0) is 61.5 Å². The lowest BCUT2D eigenvalue weighted by Gasteiger charge is -2.11. The molecule has 0 N–H and O–H groups in total. The van der Waals surface area contributed by atoms with Gasteiger partial charge in [-0.15, -0.1) is 0 Å². The van der Waals surface area contributed by atoms with Crippen LogP contribution in [0.15, 0.2) is 64.5 Å². The molecule has 0 saturated carbocycles. The van der Waals surface area contributed by atoms with Crippen LogP contribution in [-0.4, -0.2) is 29.1 Å². The largest absolute Gasteiger partial charge is 0.494 e. The van der Waals surface area contributed by atoms with E-state index in [-0.39, 0.29) is 5.91 Å². The lowest BCUT2D eigenvalue weighted by Crippen LogP contribution is -2.28. The van der Waals surface area contributed by atoms with Crippen LogP contribution < -0.4 is 4.74 Å². The zero-order valence-electron chi connectivity index (χ0n) is 14.3. The molecule has 3 rings (SSSR count). The van der Waals surface area contributed by atoms with Crippen molar-refractivity contribution in [2.45, 2.75) is 13.8 Å². The first-order chi connectivity index (χ1) is 12.2. The van der Waals surface area contributed by atoms with Crippen LogP contribution >= 0.6 is 11.8 Å². The average molecular weight is 352 g/mol. The van der Waals surface area contributed by atoms with Gasteiger partial charge < -0.3 is 4.74 Å². The monoisotopic (exact) mass is 352 g/mol. The normalized spacial score (nSPS) is 17.5. The maximum Gasteiger partial charge on any atom is 0.266 e. The number of aliphatic imine (C=N–C) groups is 1. The Bertz CT molecular complexity index is 815. The number of nitrogens with zero attached hydrogens (tertiary/aromatic N) is 2. The second kappa shape index (κ2) is 8.03. The van der Waals surface area contributed by atoms with Gasteiger partial charge in [0.1, 0.15) is 5.75 Å². The van der Waals surface area contributed by atoms with Gasteiger partial charge in [-0.3, -0.25) is 9.69 Å². The summed E-state index contributed by atoms with van der Waals surface area (Å²) in [5.41, 5.74) is 1.79. The van der Waals surface area contributed by atoms with E-state index < -0.39 is 0 Å². The van der Waals surface area contributed by atoms with Crippen LogP contribution in [0.2, 0.25) is 0 Å². The molecule has 1 heterocycles. The minimum atomic E-state index is -0.0102. The SMILES string of the molecule is CCOc1cccc(C=C2SC(=Nc3ccccc3)N(CC)C2=O)c1. The minimum absolute atomic E-state index is 0.0102. The lowest BCUT2D eigenvalue weighted by molar-refractivity contribution is -0.122. The van der Waals surface area contributed by atoms with Crippen LogP contribution in [0.3, 0.4) is 0 Å². The first-order valence-corrected chi connectivity index (χ1v) is 9.11. The summed E-state index contributed by atoms with van der Waals surface area (Å²) in [6.07, 6.45) is 1.89. The predicted molar refractivity (Wildman–Crippen MR) is 104 cm³/mol. The van der Waals surface area contributed by atoms with E-state index in [1.165, 1.54) is 11.8 Å². The number of hydrogen-bond donors (Lipinski definition) is 0. The van der Waals surface area contributed by atoms with E-state index in [4.69, 9.17) is 4.74 Å². The zero-order chi connectivity index (χ0) is 17.6. The van der Waals surface area contributed by atoms with Crippen LogP contribution in [0.1, 0.15) is 19.4 Å². The van der Waals surface area contributed by atoms with E-state index in [0.717, 1.165) is 17.0 Å². The van der Waals surface area contributed by atoms with Crippen molar-refractivity contribution in [3.63, 3.8) is 0 Å². The molecule has 0 aromatic heterocycles. The van der Waals surface area contributed by atoms with Crippen molar-refractivity contribution in [1.82, 2.24) is 4.90 Å². The number of likely N-dealkylation sites (N-methyl/N-ethyl adjacent to an activating group) is 1. The third-order valence-electron chi connectivity index (χ3n) is 3.65. The van der Waals surface area contributed by atoms with Crippen molar-refractivity contribution in [3.05, 3.63) is 65.1 Å². The second-order valence-electron chi connectivity index (χ2n) is 5.40. The molecule has 0 aliphatic carbocycles. The molecule has 0 bridgehead atoms. The number of amidine groups is 1. The van der Waals surface area contributed by atoms with Crippen molar-refractivity contribution in [2.24, 2.45) is 4.99 Å². The van der Waals surface area contributed by atoms with Crippen molar-refractivity contribution < 1.29 is 9.53 Å². The number of para-hydroxylation sites is 1. The first kappa shape index (κ1) is 17.3. The first-order valence-electron chi connectivity index (χ1n) is 8.29. The average Bonchev–Trinajstić information content (AvgIpc) is 2.91. The highest BCUT2D eigenvalue weighted by Gasteiger charge is 2.32. The molecule has 5 heteroatoms. The number of hydrogen-bond acceptors (Lipinski definition) is 4. The predicted octanol–water partition coefficient (Wildman–Crippen LogP) is 4.71. The highest BCUT2D eigenvalue weighted by atomic mass is 32.2. The Balaban J connectivity index is 1.89. The minimum Gasteiger partial charge on any atom is -0.494 e. The Morgan fingerprint density at radius 1 is 1.12 bits per heavy atom. The molecular formula is C20H20N2O2S. The topological polar surface area (TPSA) is 41.9 Å². The smallest absolute Gasteiger partial charge is 0.266 e. The number of thioether (sulfide) groups is 1. The van der Waals surface area contributed by atoms with Gasteiger partial charge in [0.15, 0.2) is 5.17 Å². The fourth-order valence-electron chi connectivity index (χ4n) is 2.50. The molecule has 25 heavy (non-hydrogen) atoms. The Kier molecular flexibility index (Phi) is 5.56. The maximum atomic E-state index is 12.7. The van der Waals surface area contributed by atoms with E-state index in [9.17, 15) is 4.79 Å². The van der Waals surface area contributed by atoms with Crippen LogP contribution in [0.4, 0.5) is 5.69 Å². The van der Waals surface area contributed by atoms with E-state index in [0.29, 0.717) is 23.2 Å². The Labute approximate surface area is 152 Å². The van der Waals surface area contributed by atoms with Crippen molar-refractivity contribution in [1.29, 1.82) is 0 Å². The third kappa shape index (κ3) is 4.12. The zero-order valence-corrected chi connectivity index (χ0v) is 15.1. The summed E-state index contributed by atoms with van der Waals surface area (Å²) in [4.78, 5) is 19.7. The molecule has 1 aliphatic rings. The van der Waals surface area contributed by atoms with E-state index in [2.05, 4.69) is 4.99 Å². The van der Waals surface area contributed by atoms with Gasteiger partial charge in [-0.25, -0.2) is 4.99 Å². The summed E-state index contributed by atoms with van der Waals surface area (Å²) in [6, 6.07) is 17.4. The van der Waals surface area contributed by atoms with Crippen LogP contribution in [-0.2, 0) is 4.79 Å². The van der Waals surface area contributed by atoms with Crippen LogP contribution in [0, 0.1) is 0 Å². The van der Waals surface area contributed by atoms with Crippen molar-refractivity contribution in [3.8, 4) is 5.75 Å². The quantitative estimate of drug-likeness (QED) is 0.732. The van der Waals surface area contributed by atoms with E-state index >= 15 is 0 Å². The number of rotatable bonds is 5. The molecule has 128 valence electrons. The molecule has 2 aromatic rings. The summed E-state index contributed by atoms with van der Waals surface area (Å²) in [6.45, 7) is 5.11. The van der Waals surface area contributed by atoms with Gasteiger partial charge in [0.25, 0.3) is 5.91 Å². The summed E-state index contributed by atoms with van der Waals surface area (Å²) in [5, 5.41) is 0.714.